The number of nitrogens with zero attached hydrogens (tertiary/aromatic N) is 4. The van der Waals surface area contributed by atoms with Crippen LogP contribution in [0.3, 0.4) is 0 Å². The van der Waals surface area contributed by atoms with Crippen LogP contribution in [0.5, 0.6) is 0 Å². The number of piperidine rings is 1. The van der Waals surface area contributed by atoms with Gasteiger partial charge < -0.3 is 10.2 Å². The van der Waals surface area contributed by atoms with Crippen LogP contribution in [-0.4, -0.2) is 36.1 Å². The molecule has 5 nitrogen and oxygen atoms in total. The summed E-state index contributed by atoms with van der Waals surface area (Å²) in [6.07, 6.45) is 5.23. The third-order valence-corrected chi connectivity index (χ3v) is 3.08. The van der Waals surface area contributed by atoms with Gasteiger partial charge in [-0.2, -0.15) is 5.26 Å². The van der Waals surface area contributed by atoms with Crippen LogP contribution in [-0.2, 0) is 0 Å². The maximum atomic E-state index is 8.86. The Balaban J connectivity index is 2.20. The quantitative estimate of drug-likeness (QED) is 0.838. The van der Waals surface area contributed by atoms with E-state index in [1.54, 1.807) is 12.3 Å². The van der Waals surface area contributed by atoms with Gasteiger partial charge >= 0.3 is 0 Å². The zero-order valence-corrected chi connectivity index (χ0v) is 10.1. The van der Waals surface area contributed by atoms with Gasteiger partial charge in [0.05, 0.1) is 0 Å². The van der Waals surface area contributed by atoms with Gasteiger partial charge in [-0.3, -0.25) is 0 Å². The van der Waals surface area contributed by atoms with Crippen molar-refractivity contribution in [3.8, 4) is 6.07 Å². The molecule has 0 saturated carbocycles. The normalized spacial score (nSPS) is 20.0. The Morgan fingerprint density at radius 1 is 1.59 bits per heavy atom. The van der Waals surface area contributed by atoms with Crippen LogP contribution in [0.15, 0.2) is 12.3 Å². The Hall–Kier alpha value is -1.67. The van der Waals surface area contributed by atoms with Crippen molar-refractivity contribution in [2.75, 3.05) is 25.0 Å². The summed E-state index contributed by atoms with van der Waals surface area (Å²) in [6, 6.07) is 4.13. The molecule has 5 heteroatoms. The number of nitrogens with one attached hydrogen (secondary N) is 1. The highest BCUT2D eigenvalue weighted by Gasteiger charge is 2.23. The lowest BCUT2D eigenvalue weighted by molar-refractivity contribution is 0.440. The monoisotopic (exact) mass is 231 g/mol. The lowest BCUT2D eigenvalue weighted by Crippen LogP contribution is -2.45. The molecule has 90 valence electrons. The average molecular weight is 231 g/mol. The van der Waals surface area contributed by atoms with Crippen molar-refractivity contribution in [2.45, 2.75) is 25.3 Å². The van der Waals surface area contributed by atoms with Gasteiger partial charge in [0.25, 0.3) is 0 Å². The molecule has 0 spiro atoms. The number of nitriles is 1. The molecule has 1 fully saturated rings. The van der Waals surface area contributed by atoms with Crippen LogP contribution in [0.25, 0.3) is 0 Å². The van der Waals surface area contributed by atoms with E-state index in [1.807, 2.05) is 7.05 Å². The van der Waals surface area contributed by atoms with Gasteiger partial charge in [-0.15, -0.1) is 0 Å². The minimum atomic E-state index is 0.433. The van der Waals surface area contributed by atoms with Crippen molar-refractivity contribution in [1.29, 1.82) is 5.26 Å². The van der Waals surface area contributed by atoms with Crippen molar-refractivity contribution in [1.82, 2.24) is 15.3 Å². The Labute approximate surface area is 101 Å². The largest absolute Gasteiger partial charge is 0.337 e. The molecule has 2 rings (SSSR count). The molecular weight excluding hydrogens is 214 g/mol. The molecule has 1 aliphatic rings. The molecular formula is C12H17N5. The number of aromatic nitrogens is 2. The van der Waals surface area contributed by atoms with Crippen molar-refractivity contribution >= 4 is 5.95 Å². The third-order valence-electron chi connectivity index (χ3n) is 3.08. The van der Waals surface area contributed by atoms with E-state index in [0.29, 0.717) is 17.7 Å². The zero-order chi connectivity index (χ0) is 12.1. The fourth-order valence-electron chi connectivity index (χ4n) is 2.26. The Morgan fingerprint density at radius 3 is 3.24 bits per heavy atom. The minimum Gasteiger partial charge on any atom is -0.337 e. The number of anilines is 1. The van der Waals surface area contributed by atoms with Gasteiger partial charge in [-0.25, -0.2) is 9.97 Å². The van der Waals surface area contributed by atoms with Crippen LogP contribution < -0.4 is 10.2 Å². The molecule has 1 aliphatic heterocycles. The van der Waals surface area contributed by atoms with Crippen LogP contribution in [0.2, 0.25) is 0 Å². The molecule has 1 unspecified atom stereocenters. The van der Waals surface area contributed by atoms with Gasteiger partial charge in [-0.1, -0.05) is 0 Å². The fraction of sp³-hybridized carbons (Fsp3) is 0.583. The maximum absolute atomic E-state index is 8.86. The van der Waals surface area contributed by atoms with Crippen molar-refractivity contribution in [3.05, 3.63) is 18.0 Å². The highest BCUT2D eigenvalue weighted by atomic mass is 15.3. The summed E-state index contributed by atoms with van der Waals surface area (Å²) in [5.74, 6) is 0.684. The third kappa shape index (κ3) is 2.71. The predicted molar refractivity (Wildman–Crippen MR) is 65.7 cm³/mol. The Kier molecular flexibility index (Phi) is 3.89. The van der Waals surface area contributed by atoms with Crippen molar-refractivity contribution < 1.29 is 0 Å². The lowest BCUT2D eigenvalue weighted by Gasteiger charge is -2.35. The Bertz CT molecular complexity index is 410. The summed E-state index contributed by atoms with van der Waals surface area (Å²) in [4.78, 5) is 10.8. The predicted octanol–water partition coefficient (Wildman–Crippen LogP) is 0.927. The first-order valence-electron chi connectivity index (χ1n) is 5.99. The molecule has 2 heterocycles. The molecule has 0 aliphatic carbocycles. The number of rotatable bonds is 3. The minimum absolute atomic E-state index is 0.433. The first kappa shape index (κ1) is 11.8. The summed E-state index contributed by atoms with van der Waals surface area (Å²) in [5.41, 5.74) is 0.434. The van der Waals surface area contributed by atoms with Crippen molar-refractivity contribution in [3.63, 3.8) is 0 Å². The van der Waals surface area contributed by atoms with E-state index in [2.05, 4.69) is 26.3 Å². The Morgan fingerprint density at radius 2 is 2.47 bits per heavy atom. The van der Waals surface area contributed by atoms with Crippen LogP contribution >= 0.6 is 0 Å². The van der Waals surface area contributed by atoms with E-state index in [1.165, 1.54) is 12.8 Å². The topological polar surface area (TPSA) is 64.8 Å². The second kappa shape index (κ2) is 5.60. The second-order valence-corrected chi connectivity index (χ2v) is 4.25. The van der Waals surface area contributed by atoms with Crippen molar-refractivity contribution in [2.24, 2.45) is 0 Å². The molecule has 0 aromatic carbocycles. The summed E-state index contributed by atoms with van der Waals surface area (Å²) in [7, 11) is 1.96. The van der Waals surface area contributed by atoms with Gasteiger partial charge in [0, 0.05) is 25.3 Å². The van der Waals surface area contributed by atoms with E-state index >= 15 is 0 Å². The van der Waals surface area contributed by atoms with E-state index < -0.39 is 0 Å². The van der Waals surface area contributed by atoms with E-state index in [9.17, 15) is 0 Å². The van der Waals surface area contributed by atoms with E-state index in [4.69, 9.17) is 5.26 Å². The molecule has 1 saturated heterocycles. The van der Waals surface area contributed by atoms with Crippen LogP contribution in [0.1, 0.15) is 25.0 Å². The van der Waals surface area contributed by atoms with E-state index in [0.717, 1.165) is 19.5 Å². The molecule has 1 aromatic rings. The molecule has 1 atom stereocenters. The van der Waals surface area contributed by atoms with Gasteiger partial charge in [0.2, 0.25) is 5.95 Å². The number of hydrogen-bond donors (Lipinski definition) is 1. The molecule has 1 aromatic heterocycles. The molecule has 0 amide bonds. The molecule has 1 N–H and O–H groups in total. The number of hydrogen-bond acceptors (Lipinski definition) is 5. The molecule has 17 heavy (non-hydrogen) atoms. The second-order valence-electron chi connectivity index (χ2n) is 4.25. The zero-order valence-electron chi connectivity index (χ0n) is 10.1. The SMILES string of the molecule is CNCC1CCCCN1c1nccc(C#N)n1. The summed E-state index contributed by atoms with van der Waals surface area (Å²) >= 11 is 0. The average Bonchev–Trinajstić information content (AvgIpc) is 2.40. The summed E-state index contributed by atoms with van der Waals surface area (Å²) < 4.78 is 0. The maximum Gasteiger partial charge on any atom is 0.226 e. The smallest absolute Gasteiger partial charge is 0.226 e. The molecule has 0 bridgehead atoms. The highest BCUT2D eigenvalue weighted by molar-refractivity contribution is 5.35. The van der Waals surface area contributed by atoms with Crippen LogP contribution in [0.4, 0.5) is 5.95 Å². The summed E-state index contributed by atoms with van der Waals surface area (Å²) in [6.45, 7) is 1.90. The van der Waals surface area contributed by atoms with Crippen LogP contribution in [0, 0.1) is 11.3 Å². The van der Waals surface area contributed by atoms with Gasteiger partial charge in [-0.05, 0) is 32.4 Å². The van der Waals surface area contributed by atoms with E-state index in [-0.39, 0.29) is 0 Å². The first-order valence-corrected chi connectivity index (χ1v) is 5.99. The first-order chi connectivity index (χ1) is 8.35. The van der Waals surface area contributed by atoms with Gasteiger partial charge in [0.15, 0.2) is 0 Å². The number of likely N-dealkylation sites (N-methyl/N-ethyl adjacent to an activating group) is 1. The fourth-order valence-corrected chi connectivity index (χ4v) is 2.26. The molecule has 0 radical (unpaired) electrons. The van der Waals surface area contributed by atoms with Gasteiger partial charge in [0.1, 0.15) is 11.8 Å². The highest BCUT2D eigenvalue weighted by Crippen LogP contribution is 2.21. The summed E-state index contributed by atoms with van der Waals surface area (Å²) in [5, 5.41) is 12.1. The standard InChI is InChI=1S/C12H17N5/c1-14-9-11-4-2-3-7-17(11)12-15-6-5-10(8-13)16-12/h5-6,11,14H,2-4,7,9H2,1H3. The lowest BCUT2D eigenvalue weighted by atomic mass is 10.0.